The lowest BCUT2D eigenvalue weighted by molar-refractivity contribution is 0.0952. The van der Waals surface area contributed by atoms with Crippen LogP contribution in [0.15, 0.2) is 71.8 Å². The van der Waals surface area contributed by atoms with Crippen LogP contribution in [-0.2, 0) is 0 Å². The van der Waals surface area contributed by atoms with E-state index in [-0.39, 0.29) is 5.91 Å². The van der Waals surface area contributed by atoms with Crippen molar-refractivity contribution in [1.82, 2.24) is 9.99 Å². The van der Waals surface area contributed by atoms with Crippen molar-refractivity contribution in [3.8, 4) is 11.4 Å². The zero-order valence-corrected chi connectivity index (χ0v) is 19.7. The molecule has 1 heterocycles. The summed E-state index contributed by atoms with van der Waals surface area (Å²) in [6.45, 7) is 4.10. The summed E-state index contributed by atoms with van der Waals surface area (Å²) in [5.41, 5.74) is 7.28. The van der Waals surface area contributed by atoms with E-state index in [4.69, 9.17) is 4.74 Å². The monoisotopic (exact) mass is 523 g/mol. The van der Waals surface area contributed by atoms with E-state index in [1.807, 2.05) is 43.3 Å². The van der Waals surface area contributed by atoms with Gasteiger partial charge in [0.25, 0.3) is 5.91 Å². The normalized spacial score (nSPS) is 11.2. The Morgan fingerprint density at radius 2 is 1.71 bits per heavy atom. The first-order valence-electron chi connectivity index (χ1n) is 9.83. The summed E-state index contributed by atoms with van der Waals surface area (Å²) in [4.78, 5) is 12.8. The van der Waals surface area contributed by atoms with Gasteiger partial charge in [-0.25, -0.2) is 5.43 Å². The van der Waals surface area contributed by atoms with E-state index in [2.05, 4.69) is 74.9 Å². The first kappa shape index (κ1) is 21.1. The maximum Gasteiger partial charge on any atom is 0.275 e. The molecule has 0 bridgehead atoms. The van der Waals surface area contributed by atoms with E-state index < -0.39 is 0 Å². The van der Waals surface area contributed by atoms with Crippen LogP contribution >= 0.6 is 22.6 Å². The molecule has 0 spiro atoms. The van der Waals surface area contributed by atoms with Crippen LogP contribution < -0.4 is 10.2 Å². The van der Waals surface area contributed by atoms with Crippen LogP contribution in [0.5, 0.6) is 5.75 Å². The molecule has 5 nitrogen and oxygen atoms in total. The summed E-state index contributed by atoms with van der Waals surface area (Å²) in [7, 11) is 1.56. The number of hydrogen-bond acceptors (Lipinski definition) is 3. The number of benzene rings is 3. The van der Waals surface area contributed by atoms with Gasteiger partial charge >= 0.3 is 0 Å². The molecule has 31 heavy (non-hydrogen) atoms. The Bertz CT molecular complexity index is 1290. The molecule has 0 atom stereocenters. The molecule has 0 fully saturated rings. The van der Waals surface area contributed by atoms with Crippen molar-refractivity contribution in [2.75, 3.05) is 7.11 Å². The van der Waals surface area contributed by atoms with Gasteiger partial charge in [0.2, 0.25) is 0 Å². The smallest absolute Gasteiger partial charge is 0.275 e. The molecule has 0 radical (unpaired) electrons. The van der Waals surface area contributed by atoms with Gasteiger partial charge in [-0.1, -0.05) is 24.3 Å². The Kier molecular flexibility index (Phi) is 6.08. The number of halogens is 1. The van der Waals surface area contributed by atoms with Crippen LogP contribution in [0, 0.1) is 17.4 Å². The maximum atomic E-state index is 12.8. The Morgan fingerprint density at radius 3 is 2.39 bits per heavy atom. The summed E-state index contributed by atoms with van der Waals surface area (Å²) >= 11 is 2.30. The maximum absolute atomic E-state index is 12.8. The quantitative estimate of drug-likeness (QED) is 0.210. The highest BCUT2D eigenvalue weighted by Gasteiger charge is 2.14. The van der Waals surface area contributed by atoms with Crippen molar-refractivity contribution in [1.29, 1.82) is 0 Å². The van der Waals surface area contributed by atoms with Crippen molar-refractivity contribution >= 4 is 45.5 Å². The number of hydrazone groups is 1. The van der Waals surface area contributed by atoms with Gasteiger partial charge in [0.05, 0.1) is 18.9 Å². The second-order valence-corrected chi connectivity index (χ2v) is 8.48. The van der Waals surface area contributed by atoms with Crippen molar-refractivity contribution < 1.29 is 9.53 Å². The zero-order chi connectivity index (χ0) is 22.0. The minimum Gasteiger partial charge on any atom is -0.496 e. The van der Waals surface area contributed by atoms with Gasteiger partial charge in [0.15, 0.2) is 0 Å². The third-order valence-corrected chi connectivity index (χ3v) is 5.96. The van der Waals surface area contributed by atoms with Crippen LogP contribution in [0.4, 0.5) is 0 Å². The predicted molar refractivity (Wildman–Crippen MR) is 134 cm³/mol. The van der Waals surface area contributed by atoms with Crippen LogP contribution in [0.1, 0.15) is 27.3 Å². The highest BCUT2D eigenvalue weighted by molar-refractivity contribution is 14.1. The molecular weight excluding hydrogens is 501 g/mol. The number of nitrogens with zero attached hydrogens (tertiary/aromatic N) is 2. The van der Waals surface area contributed by atoms with Gasteiger partial charge < -0.3 is 9.30 Å². The summed E-state index contributed by atoms with van der Waals surface area (Å²) in [5.74, 6) is 0.202. The molecule has 0 aliphatic heterocycles. The molecule has 3 aromatic carbocycles. The lowest BCUT2D eigenvalue weighted by atomic mass is 10.1. The number of carbonyl (C=O) groups excluding carboxylic acids is 1. The molecule has 4 rings (SSSR count). The van der Waals surface area contributed by atoms with E-state index in [1.54, 1.807) is 13.3 Å². The Balaban J connectivity index is 1.57. The molecule has 1 aromatic heterocycles. The Labute approximate surface area is 194 Å². The lowest BCUT2D eigenvalue weighted by Crippen LogP contribution is -2.18. The van der Waals surface area contributed by atoms with E-state index in [9.17, 15) is 4.79 Å². The van der Waals surface area contributed by atoms with Gasteiger partial charge in [-0.3, -0.25) is 4.79 Å². The van der Waals surface area contributed by atoms with E-state index >= 15 is 0 Å². The Morgan fingerprint density at radius 1 is 1.03 bits per heavy atom. The average molecular weight is 523 g/mol. The van der Waals surface area contributed by atoms with Gasteiger partial charge in [0.1, 0.15) is 5.75 Å². The van der Waals surface area contributed by atoms with E-state index in [0.29, 0.717) is 11.3 Å². The highest BCUT2D eigenvalue weighted by Crippen LogP contribution is 2.26. The van der Waals surface area contributed by atoms with Crippen molar-refractivity contribution in [2.45, 2.75) is 13.8 Å². The number of amides is 1. The molecule has 0 unspecified atom stereocenters. The second kappa shape index (κ2) is 8.93. The van der Waals surface area contributed by atoms with E-state index in [0.717, 1.165) is 33.4 Å². The van der Waals surface area contributed by atoms with Crippen LogP contribution in [0.25, 0.3) is 16.5 Å². The number of aryl methyl sites for hydroxylation is 1. The molecule has 6 heteroatoms. The minimum absolute atomic E-state index is 0.315. The number of ether oxygens (including phenoxy) is 1. The van der Waals surface area contributed by atoms with Gasteiger partial charge in [0, 0.05) is 26.2 Å². The molecule has 0 saturated heterocycles. The summed E-state index contributed by atoms with van der Waals surface area (Å²) < 4.78 is 8.78. The number of nitrogens with one attached hydrogen (secondary N) is 1. The third-order valence-electron chi connectivity index (χ3n) is 5.24. The average Bonchev–Trinajstić information content (AvgIpc) is 3.06. The van der Waals surface area contributed by atoms with Crippen molar-refractivity contribution in [3.63, 3.8) is 0 Å². The highest BCUT2D eigenvalue weighted by atomic mass is 127. The number of methoxy groups -OCH3 is 1. The van der Waals surface area contributed by atoms with Gasteiger partial charge in [-0.05, 0) is 89.7 Å². The van der Waals surface area contributed by atoms with Crippen LogP contribution in [0.2, 0.25) is 0 Å². The minimum atomic E-state index is -0.315. The van der Waals surface area contributed by atoms with Crippen LogP contribution in [-0.4, -0.2) is 23.8 Å². The number of rotatable bonds is 5. The summed E-state index contributed by atoms with van der Waals surface area (Å²) in [5, 5.41) is 6.19. The predicted octanol–water partition coefficient (Wildman–Crippen LogP) is 5.62. The second-order valence-electron chi connectivity index (χ2n) is 7.24. The van der Waals surface area contributed by atoms with Crippen molar-refractivity contribution in [3.05, 3.63) is 92.8 Å². The standard InChI is InChI=1S/C25H22IN3O2/c1-16-12-20(17(2)29(16)22-10-8-21(26)9-11-22)15-27-28-25(30)23-13-18-6-4-5-7-19(18)14-24(23)31-3/h4-15H,1-3H3,(H,28,30)/b27-15+. The Hall–Kier alpha value is -3.13. The number of aromatic nitrogens is 1. The number of fused-ring (bicyclic) bond motifs is 1. The number of carbonyl (C=O) groups is 1. The molecule has 0 aliphatic rings. The largest absolute Gasteiger partial charge is 0.496 e. The molecule has 1 amide bonds. The molecule has 1 N–H and O–H groups in total. The fourth-order valence-electron chi connectivity index (χ4n) is 3.69. The summed E-state index contributed by atoms with van der Waals surface area (Å²) in [6.07, 6.45) is 1.68. The molecular formula is C25H22IN3O2. The molecule has 4 aromatic rings. The first-order valence-corrected chi connectivity index (χ1v) is 10.9. The van der Waals surface area contributed by atoms with Crippen molar-refractivity contribution in [2.24, 2.45) is 5.10 Å². The van der Waals surface area contributed by atoms with Gasteiger partial charge in [-0.2, -0.15) is 5.10 Å². The molecule has 156 valence electrons. The van der Waals surface area contributed by atoms with E-state index in [1.165, 1.54) is 3.57 Å². The molecule has 0 aliphatic carbocycles. The van der Waals surface area contributed by atoms with Gasteiger partial charge in [-0.15, -0.1) is 0 Å². The topological polar surface area (TPSA) is 55.6 Å². The fourth-order valence-corrected chi connectivity index (χ4v) is 4.05. The number of hydrogen-bond donors (Lipinski definition) is 1. The SMILES string of the molecule is COc1cc2ccccc2cc1C(=O)N/N=C/c1cc(C)n(-c2ccc(I)cc2)c1C. The summed E-state index contributed by atoms with van der Waals surface area (Å²) in [6, 6.07) is 21.9. The molecule has 0 saturated carbocycles. The lowest BCUT2D eigenvalue weighted by Gasteiger charge is -2.10. The zero-order valence-electron chi connectivity index (χ0n) is 17.5. The third kappa shape index (κ3) is 4.34. The fraction of sp³-hybridized carbons (Fsp3) is 0.120. The first-order chi connectivity index (χ1) is 15.0. The van der Waals surface area contributed by atoms with Crippen LogP contribution in [0.3, 0.4) is 0 Å².